The molecule has 0 fully saturated rings. The van der Waals surface area contributed by atoms with Gasteiger partial charge in [0.25, 0.3) is 0 Å². The zero-order chi connectivity index (χ0) is 2.71. The van der Waals surface area contributed by atoms with Crippen molar-refractivity contribution in [1.82, 2.24) is 0 Å². The van der Waals surface area contributed by atoms with E-state index in [2.05, 4.69) is 4.77 Å². The summed E-state index contributed by atoms with van der Waals surface area (Å²) in [7, 11) is 1.27. The van der Waals surface area contributed by atoms with Gasteiger partial charge >= 0.3 is 90.5 Å². The maximum absolute atomic E-state index is 2.19. The average Bonchev–Trinajstić information content (AvgIpc) is 0.918. The summed E-state index contributed by atoms with van der Waals surface area (Å²) >= 11 is 1.79. The second kappa shape index (κ2) is 23.7. The van der Waals surface area contributed by atoms with Gasteiger partial charge in [-0.15, -0.1) is 0 Å². The molecule has 0 unspecified atom stereocenters. The van der Waals surface area contributed by atoms with Gasteiger partial charge in [0.15, 0.2) is 17.4 Å². The van der Waals surface area contributed by atoms with E-state index in [0.29, 0.717) is 0 Å². The van der Waals surface area contributed by atoms with Crippen molar-refractivity contribution in [2.75, 3.05) is 0 Å². The third-order valence-corrected chi connectivity index (χ3v) is 0. The normalized spacial score (nSPS) is 2.83. The molecule has 37 valence electrons. The van der Waals surface area contributed by atoms with Gasteiger partial charge in [-0.25, -0.2) is 0 Å². The summed E-state index contributed by atoms with van der Waals surface area (Å²) in [5.41, 5.74) is 0. The van der Waals surface area contributed by atoms with E-state index in [-0.39, 0.29) is 70.9 Å². The molecule has 0 nitrogen and oxygen atoms in total. The predicted octanol–water partition coefficient (Wildman–Crippen LogP) is -5.50. The van der Waals surface area contributed by atoms with Crippen molar-refractivity contribution in [3.8, 4) is 0 Å². The van der Waals surface area contributed by atoms with Crippen LogP contribution in [-0.2, 0) is 0 Å². The monoisotopic (exact) mass is 625 g/mol. The molecular weight excluding hydrogens is 610 g/mol. The molecule has 0 saturated heterocycles. The van der Waals surface area contributed by atoms with Gasteiger partial charge in [0.05, 0.1) is 0 Å². The Hall–Kier alpha value is 3.41. The van der Waals surface area contributed by atoms with Crippen molar-refractivity contribution in [3.05, 3.63) is 0 Å². The van der Waals surface area contributed by atoms with Crippen LogP contribution in [0.25, 0.3) is 0 Å². The maximum atomic E-state index is 2.19. The Bertz CT molecular complexity index is 15.5. The summed E-state index contributed by atoms with van der Waals surface area (Å²) in [4.78, 5) is 0. The third kappa shape index (κ3) is 26.2. The van der Waals surface area contributed by atoms with Crippen LogP contribution in [-0.4, -0.2) is 108 Å². The molecule has 3 radical (unpaired) electrons. The van der Waals surface area contributed by atoms with Crippen LogP contribution in [0.1, 0.15) is 0 Å². The molecular formula is H12AlBBiPbSiTe. The fourth-order valence-electron chi connectivity index (χ4n) is 0. The molecule has 0 rings (SSSR count). The Morgan fingerprint density at radius 3 is 1.50 bits per heavy atom. The predicted molar refractivity (Wildman–Crippen MR) is 51.3 cm³/mol. The molecule has 6 heavy (non-hydrogen) atoms. The summed E-state index contributed by atoms with van der Waals surface area (Å²) in [6.07, 6.45) is 0. The molecule has 0 amide bonds. The minimum absolute atomic E-state index is 0. The Morgan fingerprint density at radius 1 is 1.50 bits per heavy atom. The Kier molecular flexibility index (Phi) is 90.0. The van der Waals surface area contributed by atoms with Crippen LogP contribution in [0, 0.1) is 0 Å². The molecule has 0 aromatic heterocycles. The van der Waals surface area contributed by atoms with E-state index >= 15 is 0 Å². The van der Waals surface area contributed by atoms with E-state index in [0.717, 1.165) is 0 Å². The quantitative estimate of drug-likeness (QED) is 0.237. The van der Waals surface area contributed by atoms with E-state index in [1.54, 1.807) is 22.1 Å². The minimum atomic E-state index is 0. The van der Waals surface area contributed by atoms with E-state index in [4.69, 9.17) is 0 Å². The first-order valence-corrected chi connectivity index (χ1v) is 3.46. The second-order valence-electron chi connectivity index (χ2n) is 0.258. The topological polar surface area (TPSA) is 0 Å². The van der Waals surface area contributed by atoms with Gasteiger partial charge in [-0.3, -0.25) is 0 Å². The van der Waals surface area contributed by atoms with Crippen LogP contribution in [0.15, 0.2) is 0 Å². The molecule has 6 heteroatoms. The number of hydrogen-bond acceptors (Lipinski definition) is 0. The van der Waals surface area contributed by atoms with Gasteiger partial charge in [0.1, 0.15) is 0 Å². The zero-order valence-electron chi connectivity index (χ0n) is 3.44. The first-order valence-electron chi connectivity index (χ1n) is 0.836. The number of rotatable bonds is 0. The SMILES string of the molecule is [AlH3].[BiH3].[PbH2].[SiH3][B][TeH]. The Labute approximate surface area is 106 Å². The van der Waals surface area contributed by atoms with Gasteiger partial charge in [-0.05, 0) is 0 Å². The van der Waals surface area contributed by atoms with Gasteiger partial charge < -0.3 is 0 Å². The summed E-state index contributed by atoms with van der Waals surface area (Å²) in [5, 5.41) is 0. The number of hydrogen-bond donors (Lipinski definition) is 0. The summed E-state index contributed by atoms with van der Waals surface area (Å²) < 4.78 is 2.19. The fraction of sp³-hybridized carbons (Fsp3) is 0. The van der Waals surface area contributed by atoms with Crippen LogP contribution in [0.4, 0.5) is 0 Å². The molecule has 0 aromatic rings. The molecule has 0 aromatic carbocycles. The van der Waals surface area contributed by atoms with Gasteiger partial charge in [0.2, 0.25) is 0 Å². The summed E-state index contributed by atoms with van der Waals surface area (Å²) in [6.45, 7) is 0. The molecule has 0 heterocycles. The third-order valence-electron chi connectivity index (χ3n) is 0. The first kappa shape index (κ1) is 22.7. The van der Waals surface area contributed by atoms with Crippen LogP contribution >= 0.6 is 0 Å². The van der Waals surface area contributed by atoms with Crippen LogP contribution < -0.4 is 0 Å². The average molecular weight is 622 g/mol. The fourth-order valence-corrected chi connectivity index (χ4v) is 0. The zero-order valence-corrected chi connectivity index (χ0v) is 19.0. The summed E-state index contributed by atoms with van der Waals surface area (Å²) in [6, 6.07) is 0. The second-order valence-corrected chi connectivity index (χ2v) is 5.20. The van der Waals surface area contributed by atoms with Crippen LogP contribution in [0.3, 0.4) is 0 Å². The van der Waals surface area contributed by atoms with Crippen molar-refractivity contribution in [3.63, 3.8) is 0 Å². The van der Waals surface area contributed by atoms with Crippen LogP contribution in [0.2, 0.25) is 0 Å². The Balaban J connectivity index is -0.00000000667. The molecule has 0 bridgehead atoms. The van der Waals surface area contributed by atoms with Gasteiger partial charge in [-0.1, -0.05) is 0 Å². The molecule has 0 spiro atoms. The van der Waals surface area contributed by atoms with Crippen molar-refractivity contribution in [1.29, 1.82) is 0 Å². The van der Waals surface area contributed by atoms with E-state index in [9.17, 15) is 0 Å². The van der Waals surface area contributed by atoms with Crippen molar-refractivity contribution in [2.45, 2.75) is 0 Å². The Morgan fingerprint density at radius 2 is 1.50 bits per heavy atom. The summed E-state index contributed by atoms with van der Waals surface area (Å²) in [5.74, 6) is 0. The van der Waals surface area contributed by atoms with Crippen molar-refractivity contribution in [2.24, 2.45) is 0 Å². The molecule has 0 aliphatic heterocycles. The van der Waals surface area contributed by atoms with Gasteiger partial charge in [0, 0.05) is 0 Å². The molecule has 0 aliphatic rings. The first-order chi connectivity index (χ1) is 1.41. The van der Waals surface area contributed by atoms with Crippen LogP contribution in [0.5, 0.6) is 0 Å². The van der Waals surface area contributed by atoms with E-state index in [1.165, 1.54) is 10.1 Å². The van der Waals surface area contributed by atoms with E-state index < -0.39 is 0 Å². The molecule has 0 atom stereocenters. The van der Waals surface area contributed by atoms with Gasteiger partial charge in [-0.2, -0.15) is 0 Å². The molecule has 0 saturated carbocycles. The van der Waals surface area contributed by atoms with Crippen molar-refractivity contribution < 1.29 is 0 Å². The molecule has 0 N–H and O–H groups in total. The van der Waals surface area contributed by atoms with Crippen molar-refractivity contribution >= 4 is 108 Å². The molecule has 0 aliphatic carbocycles. The van der Waals surface area contributed by atoms with E-state index in [1.807, 2.05) is 0 Å². The standard InChI is InChI=1S/Al.BH4SiTe.Bi.Pb.8H/c;2-1-3;;;;;;;;;;/h;3H,2H3;;;;;;;;;;.